The van der Waals surface area contributed by atoms with Crippen molar-refractivity contribution in [3.8, 4) is 0 Å². The third kappa shape index (κ3) is 1.95. The maximum atomic E-state index is 5.93. The van der Waals surface area contributed by atoms with E-state index in [0.717, 1.165) is 17.0 Å². The Morgan fingerprint density at radius 1 is 1.45 bits per heavy atom. The molecule has 1 aromatic rings. The molecule has 0 saturated carbocycles. The highest BCUT2D eigenvalue weighted by atomic mass is 35.5. The standard InChI is InChI=1S/C9H12ClN/c1-2-7-3-4-8(6-11)9(10)5-7/h3-5H,2,6,11H2,1H3. The van der Waals surface area contributed by atoms with Crippen LogP contribution in [0.5, 0.6) is 0 Å². The molecule has 2 heteroatoms. The zero-order valence-corrected chi connectivity index (χ0v) is 7.36. The first-order chi connectivity index (χ1) is 5.27. The summed E-state index contributed by atoms with van der Waals surface area (Å²) >= 11 is 5.93. The molecule has 0 unspecified atom stereocenters. The third-order valence-corrected chi connectivity index (χ3v) is 2.10. The van der Waals surface area contributed by atoms with Gasteiger partial charge >= 0.3 is 0 Å². The largest absolute Gasteiger partial charge is 0.326 e. The highest BCUT2D eigenvalue weighted by Gasteiger charge is 1.97. The van der Waals surface area contributed by atoms with Crippen molar-refractivity contribution in [3.05, 3.63) is 34.3 Å². The number of rotatable bonds is 2. The van der Waals surface area contributed by atoms with E-state index in [-0.39, 0.29) is 0 Å². The van der Waals surface area contributed by atoms with Gasteiger partial charge in [-0.05, 0) is 23.6 Å². The average Bonchev–Trinajstić information content (AvgIpc) is 2.04. The van der Waals surface area contributed by atoms with Crippen molar-refractivity contribution in [3.63, 3.8) is 0 Å². The van der Waals surface area contributed by atoms with Crippen molar-refractivity contribution >= 4 is 11.6 Å². The van der Waals surface area contributed by atoms with Crippen LogP contribution >= 0.6 is 11.6 Å². The molecule has 0 fully saturated rings. The first kappa shape index (κ1) is 8.57. The Kier molecular flexibility index (Phi) is 2.92. The van der Waals surface area contributed by atoms with Crippen LogP contribution in [0.2, 0.25) is 5.02 Å². The van der Waals surface area contributed by atoms with Crippen molar-refractivity contribution < 1.29 is 0 Å². The minimum atomic E-state index is 0.517. The fourth-order valence-corrected chi connectivity index (χ4v) is 1.26. The van der Waals surface area contributed by atoms with E-state index in [9.17, 15) is 0 Å². The molecule has 0 atom stereocenters. The number of benzene rings is 1. The second-order valence-electron chi connectivity index (χ2n) is 2.48. The fraction of sp³-hybridized carbons (Fsp3) is 0.333. The van der Waals surface area contributed by atoms with Gasteiger partial charge in [-0.2, -0.15) is 0 Å². The molecule has 0 bridgehead atoms. The molecular formula is C9H12ClN. The number of nitrogens with two attached hydrogens (primary N) is 1. The molecule has 2 N–H and O–H groups in total. The Balaban J connectivity index is 2.99. The van der Waals surface area contributed by atoms with E-state index in [1.54, 1.807) is 0 Å². The van der Waals surface area contributed by atoms with Crippen LogP contribution in [-0.4, -0.2) is 0 Å². The third-order valence-electron chi connectivity index (χ3n) is 1.75. The minimum absolute atomic E-state index is 0.517. The van der Waals surface area contributed by atoms with Gasteiger partial charge in [0.2, 0.25) is 0 Å². The summed E-state index contributed by atoms with van der Waals surface area (Å²) in [7, 11) is 0. The maximum Gasteiger partial charge on any atom is 0.0453 e. The molecule has 1 nitrogen and oxygen atoms in total. The van der Waals surface area contributed by atoms with Crippen LogP contribution in [0.1, 0.15) is 18.1 Å². The van der Waals surface area contributed by atoms with Crippen molar-refractivity contribution in [1.82, 2.24) is 0 Å². The van der Waals surface area contributed by atoms with Gasteiger partial charge in [-0.15, -0.1) is 0 Å². The topological polar surface area (TPSA) is 26.0 Å². The van der Waals surface area contributed by atoms with Crippen molar-refractivity contribution in [1.29, 1.82) is 0 Å². The molecular weight excluding hydrogens is 158 g/mol. The lowest BCUT2D eigenvalue weighted by molar-refractivity contribution is 1.06. The number of aryl methyl sites for hydroxylation is 1. The van der Waals surface area contributed by atoms with E-state index in [4.69, 9.17) is 17.3 Å². The van der Waals surface area contributed by atoms with E-state index >= 15 is 0 Å². The lowest BCUT2D eigenvalue weighted by atomic mass is 10.1. The second-order valence-corrected chi connectivity index (χ2v) is 2.89. The average molecular weight is 170 g/mol. The Morgan fingerprint density at radius 3 is 2.64 bits per heavy atom. The first-order valence-corrected chi connectivity index (χ1v) is 4.13. The SMILES string of the molecule is CCc1ccc(CN)c(Cl)c1. The summed E-state index contributed by atoms with van der Waals surface area (Å²) < 4.78 is 0. The van der Waals surface area contributed by atoms with E-state index in [1.807, 2.05) is 12.1 Å². The highest BCUT2D eigenvalue weighted by Crippen LogP contribution is 2.17. The number of hydrogen-bond acceptors (Lipinski definition) is 1. The van der Waals surface area contributed by atoms with Crippen LogP contribution in [0, 0.1) is 0 Å². The fourth-order valence-electron chi connectivity index (χ4n) is 0.976. The molecule has 0 aliphatic carbocycles. The summed E-state index contributed by atoms with van der Waals surface area (Å²) in [6, 6.07) is 6.03. The van der Waals surface area contributed by atoms with Gasteiger partial charge in [-0.3, -0.25) is 0 Å². The molecule has 0 saturated heterocycles. The van der Waals surface area contributed by atoms with Crippen LogP contribution in [0.15, 0.2) is 18.2 Å². The molecule has 0 radical (unpaired) electrons. The van der Waals surface area contributed by atoms with E-state index in [2.05, 4.69) is 13.0 Å². The lowest BCUT2D eigenvalue weighted by Gasteiger charge is -2.02. The summed E-state index contributed by atoms with van der Waals surface area (Å²) in [6.07, 6.45) is 1.02. The van der Waals surface area contributed by atoms with Crippen LogP contribution in [0.25, 0.3) is 0 Å². The Morgan fingerprint density at radius 2 is 2.18 bits per heavy atom. The van der Waals surface area contributed by atoms with E-state index in [1.165, 1.54) is 5.56 Å². The summed E-state index contributed by atoms with van der Waals surface area (Å²) in [5.74, 6) is 0. The Bertz CT molecular complexity index is 245. The molecule has 11 heavy (non-hydrogen) atoms. The quantitative estimate of drug-likeness (QED) is 0.723. The molecule has 1 rings (SSSR count). The van der Waals surface area contributed by atoms with Crippen LogP contribution in [0.3, 0.4) is 0 Å². The second kappa shape index (κ2) is 3.74. The monoisotopic (exact) mass is 169 g/mol. The van der Waals surface area contributed by atoms with Gasteiger partial charge in [0.05, 0.1) is 0 Å². The van der Waals surface area contributed by atoms with Crippen LogP contribution < -0.4 is 5.73 Å². The summed E-state index contributed by atoms with van der Waals surface area (Å²) in [5, 5.41) is 0.784. The highest BCUT2D eigenvalue weighted by molar-refractivity contribution is 6.31. The zero-order valence-electron chi connectivity index (χ0n) is 6.60. The van der Waals surface area contributed by atoms with Crippen molar-refractivity contribution in [2.75, 3.05) is 0 Å². The first-order valence-electron chi connectivity index (χ1n) is 3.75. The molecule has 60 valence electrons. The molecule has 0 aromatic heterocycles. The Hall–Kier alpha value is -0.530. The van der Waals surface area contributed by atoms with Gasteiger partial charge in [0.15, 0.2) is 0 Å². The number of halogens is 1. The summed E-state index contributed by atoms with van der Waals surface area (Å²) in [6.45, 7) is 2.62. The smallest absolute Gasteiger partial charge is 0.0453 e. The zero-order chi connectivity index (χ0) is 8.27. The molecule has 0 amide bonds. The summed E-state index contributed by atoms with van der Waals surface area (Å²) in [4.78, 5) is 0. The normalized spacial score (nSPS) is 10.1. The van der Waals surface area contributed by atoms with Gasteiger partial charge in [-0.1, -0.05) is 30.7 Å². The summed E-state index contributed by atoms with van der Waals surface area (Å²) in [5.41, 5.74) is 7.73. The van der Waals surface area contributed by atoms with Gasteiger partial charge in [-0.25, -0.2) is 0 Å². The van der Waals surface area contributed by atoms with Gasteiger partial charge in [0.25, 0.3) is 0 Å². The van der Waals surface area contributed by atoms with E-state index < -0.39 is 0 Å². The molecule has 0 heterocycles. The van der Waals surface area contributed by atoms with Crippen molar-refractivity contribution in [2.24, 2.45) is 5.73 Å². The number of hydrogen-bond donors (Lipinski definition) is 1. The molecule has 0 spiro atoms. The minimum Gasteiger partial charge on any atom is -0.326 e. The van der Waals surface area contributed by atoms with Crippen LogP contribution in [0.4, 0.5) is 0 Å². The van der Waals surface area contributed by atoms with E-state index in [0.29, 0.717) is 6.54 Å². The molecule has 0 aliphatic rings. The predicted molar refractivity (Wildman–Crippen MR) is 48.7 cm³/mol. The van der Waals surface area contributed by atoms with Gasteiger partial charge in [0.1, 0.15) is 0 Å². The van der Waals surface area contributed by atoms with Gasteiger partial charge < -0.3 is 5.73 Å². The molecule has 1 aromatic carbocycles. The van der Waals surface area contributed by atoms with Gasteiger partial charge in [0, 0.05) is 11.6 Å². The lowest BCUT2D eigenvalue weighted by Crippen LogP contribution is -1.97. The maximum absolute atomic E-state index is 5.93. The van der Waals surface area contributed by atoms with Crippen molar-refractivity contribution in [2.45, 2.75) is 19.9 Å². The molecule has 0 aliphatic heterocycles. The van der Waals surface area contributed by atoms with Crippen LogP contribution in [-0.2, 0) is 13.0 Å². The predicted octanol–water partition coefficient (Wildman–Crippen LogP) is 2.36. The Labute approximate surface area is 72.2 Å².